The van der Waals surface area contributed by atoms with Crippen LogP contribution in [0.15, 0.2) is 0 Å². The van der Waals surface area contributed by atoms with Crippen molar-refractivity contribution in [2.24, 2.45) is 0 Å². The Morgan fingerprint density at radius 2 is 1.06 bits per heavy atom. The zero-order valence-corrected chi connectivity index (χ0v) is 27.1. The summed E-state index contributed by atoms with van der Waals surface area (Å²) < 4.78 is 69.5. The number of hydroxylamine groups is 4. The largest absolute Gasteiger partial charge is 0.418 e. The Morgan fingerprint density at radius 3 is 1.47 bits per heavy atom. The Bertz CT molecular complexity index is 1410. The van der Waals surface area contributed by atoms with E-state index in [4.69, 9.17) is 9.11 Å². The van der Waals surface area contributed by atoms with E-state index in [0.717, 1.165) is 51.6 Å². The first-order chi connectivity index (χ1) is 22.2. The van der Waals surface area contributed by atoms with Gasteiger partial charge in [-0.3, -0.25) is 29.5 Å². The average molecular weight is 712 g/mol. The molecule has 23 heteroatoms. The predicted octanol–water partition coefficient (Wildman–Crippen LogP) is -2.08. The standard InChI is InChI=1S/C12H21N5O6S.C12H20N4O6S/c18-11(15-14-8-3-5-13-6-4-8)10-2-1-9-7-16(10)12(19)17(9)23-24(20,21)22;17-11(14-13-8-3-1-2-4-8)10-6-5-9-7-15(10)12(18)16(9)22-23(19,20)21/h8-10,13-14H,1-7H2,(H,15,18)(H,20,21,22);8-10,13H,1-7H2,(H,14,17)(H,19,20,21)/t2*9-,10+/m11/s1. The fourth-order valence-corrected chi connectivity index (χ4v) is 7.53. The van der Waals surface area contributed by atoms with E-state index in [9.17, 15) is 36.0 Å². The maximum Gasteiger partial charge on any atom is 0.418 e. The maximum atomic E-state index is 12.4. The van der Waals surface area contributed by atoms with Gasteiger partial charge in [-0.05, 0) is 64.5 Å². The molecular weight excluding hydrogens is 670 g/mol. The number of amides is 6. The zero-order chi connectivity index (χ0) is 33.9. The van der Waals surface area contributed by atoms with Crippen LogP contribution in [0, 0.1) is 0 Å². The van der Waals surface area contributed by atoms with Gasteiger partial charge in [0.05, 0.1) is 12.1 Å². The number of carbonyl (C=O) groups excluding carboxylic acids is 4. The molecule has 1 aliphatic carbocycles. The molecule has 6 rings (SSSR count). The summed E-state index contributed by atoms with van der Waals surface area (Å²) in [7, 11) is -9.55. The average Bonchev–Trinajstić information content (AvgIpc) is 3.69. The summed E-state index contributed by atoms with van der Waals surface area (Å²) in [5.74, 6) is -0.661. The molecule has 0 radical (unpaired) electrons. The van der Waals surface area contributed by atoms with Crippen LogP contribution in [0.5, 0.6) is 0 Å². The molecule has 0 unspecified atom stereocenters. The number of piperidine rings is 3. The van der Waals surface area contributed by atoms with Gasteiger partial charge in [0.15, 0.2) is 0 Å². The van der Waals surface area contributed by atoms with Crippen LogP contribution >= 0.6 is 0 Å². The SMILES string of the molecule is O=C(NNC1CCCC1)[C@@H]1CC[C@@H]2CN1C(=O)N2OS(=O)(=O)O.O=C(NNC1CCNCC1)[C@@H]1CC[C@@H]2CN1C(=O)N2OS(=O)(=O)O. The second-order valence-corrected chi connectivity index (χ2v) is 14.3. The van der Waals surface area contributed by atoms with Crippen LogP contribution in [-0.2, 0) is 39.0 Å². The molecule has 7 N–H and O–H groups in total. The number of nitrogens with zero attached hydrogens (tertiary/aromatic N) is 4. The Balaban J connectivity index is 0.000000185. The van der Waals surface area contributed by atoms with Crippen molar-refractivity contribution in [3.8, 4) is 0 Å². The Morgan fingerprint density at radius 1 is 0.660 bits per heavy atom. The Labute approximate surface area is 271 Å². The van der Waals surface area contributed by atoms with E-state index in [-0.39, 0.29) is 37.0 Å². The van der Waals surface area contributed by atoms with Crippen LogP contribution in [0.1, 0.15) is 64.2 Å². The highest BCUT2D eigenvalue weighted by molar-refractivity contribution is 7.81. The lowest BCUT2D eigenvalue weighted by molar-refractivity contribution is -0.128. The van der Waals surface area contributed by atoms with E-state index in [1.165, 1.54) is 9.80 Å². The van der Waals surface area contributed by atoms with Crippen LogP contribution in [0.4, 0.5) is 9.59 Å². The lowest BCUT2D eigenvalue weighted by Crippen LogP contribution is -2.56. The molecule has 0 spiro atoms. The van der Waals surface area contributed by atoms with Gasteiger partial charge in [0, 0.05) is 25.2 Å². The molecule has 266 valence electrons. The highest BCUT2D eigenvalue weighted by Crippen LogP contribution is 2.32. The fraction of sp³-hybridized carbons (Fsp3) is 0.833. The quantitative estimate of drug-likeness (QED) is 0.0946. The molecule has 47 heavy (non-hydrogen) atoms. The first-order valence-electron chi connectivity index (χ1n) is 15.6. The van der Waals surface area contributed by atoms with Crippen LogP contribution in [-0.4, -0.2) is 132 Å². The van der Waals surface area contributed by atoms with E-state index >= 15 is 0 Å². The first kappa shape index (κ1) is 35.4. The van der Waals surface area contributed by atoms with Crippen molar-refractivity contribution in [3.05, 3.63) is 0 Å². The number of hydrogen-bond donors (Lipinski definition) is 7. The Hall–Kier alpha value is -2.90. The second-order valence-electron chi connectivity index (χ2n) is 12.3. The number of nitrogens with one attached hydrogen (secondary N) is 5. The highest BCUT2D eigenvalue weighted by atomic mass is 32.3. The van der Waals surface area contributed by atoms with Gasteiger partial charge in [0.1, 0.15) is 12.1 Å². The van der Waals surface area contributed by atoms with Crippen molar-refractivity contribution in [2.45, 2.75) is 100 Å². The van der Waals surface area contributed by atoms with Crippen molar-refractivity contribution < 1.29 is 53.7 Å². The van der Waals surface area contributed by atoms with Crippen LogP contribution < -0.4 is 27.0 Å². The van der Waals surface area contributed by atoms with E-state index in [1.807, 2.05) is 0 Å². The summed E-state index contributed by atoms with van der Waals surface area (Å²) in [6.45, 7) is 2.13. The van der Waals surface area contributed by atoms with Gasteiger partial charge < -0.3 is 15.1 Å². The van der Waals surface area contributed by atoms with Gasteiger partial charge in [0.25, 0.3) is 11.8 Å². The van der Waals surface area contributed by atoms with Crippen molar-refractivity contribution in [1.29, 1.82) is 0 Å². The molecule has 5 saturated heterocycles. The molecule has 0 aromatic rings. The minimum atomic E-state index is -4.78. The molecule has 4 bridgehead atoms. The van der Waals surface area contributed by atoms with E-state index in [0.29, 0.717) is 35.8 Å². The third-order valence-electron chi connectivity index (χ3n) is 9.09. The third kappa shape index (κ3) is 8.97. The maximum absolute atomic E-state index is 12.4. The van der Waals surface area contributed by atoms with Crippen LogP contribution in [0.3, 0.4) is 0 Å². The molecule has 6 aliphatic rings. The smallest absolute Gasteiger partial charge is 0.317 e. The summed E-state index contributed by atoms with van der Waals surface area (Å²) in [6.07, 6.45) is 7.68. The predicted molar refractivity (Wildman–Crippen MR) is 157 cm³/mol. The number of rotatable bonds is 10. The summed E-state index contributed by atoms with van der Waals surface area (Å²) >= 11 is 0. The monoisotopic (exact) mass is 711 g/mol. The van der Waals surface area contributed by atoms with Crippen molar-refractivity contribution in [2.75, 3.05) is 26.2 Å². The topological polar surface area (TPSA) is 269 Å². The van der Waals surface area contributed by atoms with Crippen molar-refractivity contribution in [1.82, 2.24) is 46.9 Å². The third-order valence-corrected chi connectivity index (χ3v) is 9.79. The summed E-state index contributed by atoms with van der Waals surface area (Å²) in [5.41, 5.74) is 11.3. The summed E-state index contributed by atoms with van der Waals surface area (Å²) in [4.78, 5) is 51.6. The second kappa shape index (κ2) is 14.7. The van der Waals surface area contributed by atoms with E-state index in [2.05, 4.69) is 35.6 Å². The summed E-state index contributed by atoms with van der Waals surface area (Å²) in [5, 5.41) is 4.48. The molecule has 0 aromatic carbocycles. The van der Waals surface area contributed by atoms with Gasteiger partial charge in [-0.25, -0.2) is 20.4 Å². The number of hydrazine groups is 2. The van der Waals surface area contributed by atoms with E-state index < -0.39 is 57.0 Å². The lowest BCUT2D eigenvalue weighted by atomic mass is 10.0. The van der Waals surface area contributed by atoms with Gasteiger partial charge in [-0.1, -0.05) is 12.8 Å². The number of fused-ring (bicyclic) bond motifs is 4. The van der Waals surface area contributed by atoms with Gasteiger partial charge >= 0.3 is 32.9 Å². The Kier molecular flexibility index (Phi) is 11.1. The van der Waals surface area contributed by atoms with Crippen LogP contribution in [0.2, 0.25) is 0 Å². The highest BCUT2D eigenvalue weighted by Gasteiger charge is 2.50. The minimum absolute atomic E-state index is 0.180. The molecule has 5 aliphatic heterocycles. The molecule has 1 saturated carbocycles. The fourth-order valence-electron chi connectivity index (χ4n) is 6.76. The van der Waals surface area contributed by atoms with Gasteiger partial charge in [0.2, 0.25) is 0 Å². The number of urea groups is 2. The zero-order valence-electron chi connectivity index (χ0n) is 25.4. The minimum Gasteiger partial charge on any atom is -0.317 e. The molecule has 6 amide bonds. The first-order valence-corrected chi connectivity index (χ1v) is 18.3. The molecular formula is C24H41N9O12S2. The molecule has 4 atom stereocenters. The molecule has 5 heterocycles. The molecule has 0 aromatic heterocycles. The molecule has 21 nitrogen and oxygen atoms in total. The van der Waals surface area contributed by atoms with E-state index in [1.54, 1.807) is 0 Å². The number of carbonyl (C=O) groups is 4. The molecule has 6 fully saturated rings. The van der Waals surface area contributed by atoms with Crippen LogP contribution in [0.25, 0.3) is 0 Å². The van der Waals surface area contributed by atoms with Gasteiger partial charge in [-0.2, -0.15) is 27.0 Å². The normalized spacial score (nSPS) is 28.4. The lowest BCUT2D eigenvalue weighted by Gasteiger charge is -2.30. The van der Waals surface area contributed by atoms with Crippen molar-refractivity contribution >= 4 is 44.7 Å². The number of hydrogen-bond acceptors (Lipinski definition) is 13. The van der Waals surface area contributed by atoms with Gasteiger partial charge in [-0.15, -0.1) is 8.57 Å². The summed E-state index contributed by atoms with van der Waals surface area (Å²) in [6, 6.07) is -3.40. The van der Waals surface area contributed by atoms with Crippen molar-refractivity contribution in [3.63, 3.8) is 0 Å².